The molecular weight excluding hydrogens is 288 g/mol. The van der Waals surface area contributed by atoms with Crippen LogP contribution in [0.15, 0.2) is 36.7 Å². The highest BCUT2D eigenvalue weighted by Gasteiger charge is 2.12. The summed E-state index contributed by atoms with van der Waals surface area (Å²) in [6.45, 7) is 0.131. The van der Waals surface area contributed by atoms with Crippen molar-refractivity contribution in [2.75, 3.05) is 6.61 Å². The summed E-state index contributed by atoms with van der Waals surface area (Å²) >= 11 is 0. The van der Waals surface area contributed by atoms with Crippen molar-refractivity contribution in [3.05, 3.63) is 52.3 Å². The standard InChI is InChI=1S/C14H14N4O4/c15-6-5-11-1-3-14(4-2-11)22-10-13(19)9-17-8-12(7-16-17)18(20)21/h1-4,7-8,13,19H,5,9-10H2. The molecule has 2 aromatic rings. The molecule has 8 nitrogen and oxygen atoms in total. The van der Waals surface area contributed by atoms with Gasteiger partial charge in [-0.15, -0.1) is 0 Å². The van der Waals surface area contributed by atoms with E-state index in [1.807, 2.05) is 0 Å². The topological polar surface area (TPSA) is 114 Å². The summed E-state index contributed by atoms with van der Waals surface area (Å²) in [6, 6.07) is 9.05. The van der Waals surface area contributed by atoms with E-state index in [0.717, 1.165) is 11.8 Å². The normalized spacial score (nSPS) is 11.6. The van der Waals surface area contributed by atoms with Crippen LogP contribution in [0.2, 0.25) is 0 Å². The molecule has 0 bridgehead atoms. The average molecular weight is 302 g/mol. The van der Waals surface area contributed by atoms with Crippen LogP contribution in [-0.2, 0) is 13.0 Å². The second-order valence-corrected chi connectivity index (χ2v) is 4.62. The molecule has 0 aliphatic rings. The van der Waals surface area contributed by atoms with Gasteiger partial charge in [-0.2, -0.15) is 10.4 Å². The minimum atomic E-state index is -0.849. The molecule has 0 aliphatic heterocycles. The van der Waals surface area contributed by atoms with Gasteiger partial charge in [0, 0.05) is 0 Å². The lowest BCUT2D eigenvalue weighted by molar-refractivity contribution is -0.385. The number of hydrogen-bond acceptors (Lipinski definition) is 6. The van der Waals surface area contributed by atoms with Crippen molar-refractivity contribution in [3.8, 4) is 11.8 Å². The average Bonchev–Trinajstić information content (AvgIpc) is 2.95. The van der Waals surface area contributed by atoms with E-state index in [1.54, 1.807) is 24.3 Å². The van der Waals surface area contributed by atoms with Crippen LogP contribution in [0.25, 0.3) is 0 Å². The third-order valence-corrected chi connectivity index (χ3v) is 2.88. The van der Waals surface area contributed by atoms with Crippen LogP contribution >= 0.6 is 0 Å². The van der Waals surface area contributed by atoms with Crippen molar-refractivity contribution in [2.24, 2.45) is 0 Å². The highest BCUT2D eigenvalue weighted by atomic mass is 16.6. The molecular formula is C14H14N4O4. The molecule has 22 heavy (non-hydrogen) atoms. The first kappa shape index (κ1) is 15.5. The molecule has 1 atom stereocenters. The number of nitro groups is 1. The maximum absolute atomic E-state index is 10.5. The first-order valence-electron chi connectivity index (χ1n) is 6.52. The van der Waals surface area contributed by atoms with Gasteiger partial charge in [0.05, 0.1) is 24.0 Å². The summed E-state index contributed by atoms with van der Waals surface area (Å²) in [4.78, 5) is 9.98. The lowest BCUT2D eigenvalue weighted by Crippen LogP contribution is -2.23. The van der Waals surface area contributed by atoms with Gasteiger partial charge in [0.1, 0.15) is 30.9 Å². The second kappa shape index (κ2) is 7.19. The third-order valence-electron chi connectivity index (χ3n) is 2.88. The van der Waals surface area contributed by atoms with Gasteiger partial charge in [0.15, 0.2) is 0 Å². The predicted molar refractivity (Wildman–Crippen MR) is 76.1 cm³/mol. The van der Waals surface area contributed by atoms with Crippen molar-refractivity contribution in [2.45, 2.75) is 19.1 Å². The van der Waals surface area contributed by atoms with E-state index in [1.165, 1.54) is 10.9 Å². The minimum Gasteiger partial charge on any atom is -0.491 e. The monoisotopic (exact) mass is 302 g/mol. The SMILES string of the molecule is N#CCc1ccc(OCC(O)Cn2cc([N+](=O)[O-])cn2)cc1. The highest BCUT2D eigenvalue weighted by Crippen LogP contribution is 2.13. The van der Waals surface area contributed by atoms with E-state index in [2.05, 4.69) is 11.2 Å². The molecule has 1 aromatic carbocycles. The second-order valence-electron chi connectivity index (χ2n) is 4.62. The van der Waals surface area contributed by atoms with Crippen molar-refractivity contribution in [1.29, 1.82) is 5.26 Å². The Hall–Kier alpha value is -2.92. The van der Waals surface area contributed by atoms with Crippen molar-refractivity contribution in [1.82, 2.24) is 9.78 Å². The Morgan fingerprint density at radius 3 is 2.77 bits per heavy atom. The number of aliphatic hydroxyl groups excluding tert-OH is 1. The largest absolute Gasteiger partial charge is 0.491 e. The summed E-state index contributed by atoms with van der Waals surface area (Å²) in [6.07, 6.45) is 1.86. The van der Waals surface area contributed by atoms with Crippen LogP contribution < -0.4 is 4.74 Å². The zero-order chi connectivity index (χ0) is 15.9. The quantitative estimate of drug-likeness (QED) is 0.609. The van der Waals surface area contributed by atoms with Gasteiger partial charge in [0.2, 0.25) is 0 Å². The maximum atomic E-state index is 10.5. The number of ether oxygens (including phenoxy) is 1. The summed E-state index contributed by atoms with van der Waals surface area (Å²) in [5.74, 6) is 0.576. The Morgan fingerprint density at radius 1 is 1.45 bits per heavy atom. The fraction of sp³-hybridized carbons (Fsp3) is 0.286. The lowest BCUT2D eigenvalue weighted by Gasteiger charge is -2.12. The molecule has 0 saturated carbocycles. The van der Waals surface area contributed by atoms with E-state index in [4.69, 9.17) is 10.00 Å². The smallest absolute Gasteiger partial charge is 0.306 e. The van der Waals surface area contributed by atoms with E-state index in [-0.39, 0.29) is 18.8 Å². The van der Waals surface area contributed by atoms with Crippen LogP contribution in [0, 0.1) is 21.4 Å². The Labute approximate surface area is 126 Å². The molecule has 1 aromatic heterocycles. The Bertz CT molecular complexity index is 675. The van der Waals surface area contributed by atoms with Crippen LogP contribution in [0.5, 0.6) is 5.75 Å². The van der Waals surface area contributed by atoms with E-state index in [9.17, 15) is 15.2 Å². The fourth-order valence-corrected chi connectivity index (χ4v) is 1.80. The van der Waals surface area contributed by atoms with Crippen LogP contribution in [0.1, 0.15) is 5.56 Å². The summed E-state index contributed by atoms with van der Waals surface area (Å²) in [5, 5.41) is 32.8. The first-order valence-corrected chi connectivity index (χ1v) is 6.52. The van der Waals surface area contributed by atoms with Crippen LogP contribution in [-0.4, -0.2) is 32.5 Å². The van der Waals surface area contributed by atoms with Gasteiger partial charge in [-0.1, -0.05) is 12.1 Å². The van der Waals surface area contributed by atoms with Gasteiger partial charge in [-0.3, -0.25) is 14.8 Å². The van der Waals surface area contributed by atoms with Gasteiger partial charge in [-0.25, -0.2) is 0 Å². The molecule has 8 heteroatoms. The Kier molecular flexibility index (Phi) is 5.06. The molecule has 0 spiro atoms. The molecule has 1 heterocycles. The number of aliphatic hydroxyl groups is 1. The number of nitrogens with zero attached hydrogens (tertiary/aromatic N) is 4. The first-order chi connectivity index (χ1) is 10.6. The van der Waals surface area contributed by atoms with E-state index >= 15 is 0 Å². The predicted octanol–water partition coefficient (Wildman–Crippen LogP) is 1.30. The molecule has 0 amide bonds. The molecule has 0 saturated heterocycles. The Balaban J connectivity index is 1.82. The van der Waals surface area contributed by atoms with Crippen LogP contribution in [0.4, 0.5) is 5.69 Å². The number of benzene rings is 1. The molecule has 1 N–H and O–H groups in total. The maximum Gasteiger partial charge on any atom is 0.306 e. The summed E-state index contributed by atoms with van der Waals surface area (Å²) < 4.78 is 6.71. The molecule has 114 valence electrons. The van der Waals surface area contributed by atoms with Gasteiger partial charge in [0.25, 0.3) is 0 Å². The zero-order valence-corrected chi connectivity index (χ0v) is 11.6. The number of rotatable bonds is 7. The molecule has 2 rings (SSSR count). The number of hydrogen-bond donors (Lipinski definition) is 1. The van der Waals surface area contributed by atoms with E-state index < -0.39 is 11.0 Å². The molecule has 0 fully saturated rings. The zero-order valence-electron chi connectivity index (χ0n) is 11.6. The van der Waals surface area contributed by atoms with E-state index in [0.29, 0.717) is 12.2 Å². The van der Waals surface area contributed by atoms with Crippen molar-refractivity contribution < 1.29 is 14.8 Å². The van der Waals surface area contributed by atoms with Crippen LogP contribution in [0.3, 0.4) is 0 Å². The van der Waals surface area contributed by atoms with Crippen molar-refractivity contribution >= 4 is 5.69 Å². The van der Waals surface area contributed by atoms with Crippen molar-refractivity contribution in [3.63, 3.8) is 0 Å². The molecule has 0 radical (unpaired) electrons. The highest BCUT2D eigenvalue weighted by molar-refractivity contribution is 5.28. The fourth-order valence-electron chi connectivity index (χ4n) is 1.80. The van der Waals surface area contributed by atoms with Gasteiger partial charge >= 0.3 is 5.69 Å². The number of aromatic nitrogens is 2. The number of nitriles is 1. The van der Waals surface area contributed by atoms with Gasteiger partial charge in [-0.05, 0) is 17.7 Å². The minimum absolute atomic E-state index is 0.0330. The summed E-state index contributed by atoms with van der Waals surface area (Å²) in [5.41, 5.74) is 0.764. The lowest BCUT2D eigenvalue weighted by atomic mass is 10.2. The summed E-state index contributed by atoms with van der Waals surface area (Å²) in [7, 11) is 0. The molecule has 0 aliphatic carbocycles. The Morgan fingerprint density at radius 2 is 2.18 bits per heavy atom. The molecule has 1 unspecified atom stereocenters. The third kappa shape index (κ3) is 4.29. The van der Waals surface area contributed by atoms with Gasteiger partial charge < -0.3 is 9.84 Å².